The molecule has 0 unspecified atom stereocenters. The molecule has 2 amide bonds. The first-order valence-corrected chi connectivity index (χ1v) is 7.77. The van der Waals surface area contributed by atoms with E-state index < -0.39 is 17.8 Å². The Morgan fingerprint density at radius 3 is 2.33 bits per heavy atom. The first-order valence-electron chi connectivity index (χ1n) is 7.77. The highest BCUT2D eigenvalue weighted by Crippen LogP contribution is 2.30. The Labute approximate surface area is 155 Å². The Hall–Kier alpha value is -3.81. The van der Waals surface area contributed by atoms with Gasteiger partial charge in [0.25, 0.3) is 5.91 Å². The van der Waals surface area contributed by atoms with Crippen molar-refractivity contribution in [1.82, 2.24) is 0 Å². The average Bonchev–Trinajstić information content (AvgIpc) is 2.67. The van der Waals surface area contributed by atoms with E-state index >= 15 is 0 Å². The number of benzene rings is 2. The van der Waals surface area contributed by atoms with Gasteiger partial charge in [0, 0.05) is 12.1 Å². The van der Waals surface area contributed by atoms with Crippen LogP contribution in [0.15, 0.2) is 54.6 Å². The van der Waals surface area contributed by atoms with Gasteiger partial charge >= 0.3 is 0 Å². The molecule has 8 nitrogen and oxygen atoms in total. The summed E-state index contributed by atoms with van der Waals surface area (Å²) < 4.78 is 10.3. The van der Waals surface area contributed by atoms with E-state index in [9.17, 15) is 19.5 Å². The van der Waals surface area contributed by atoms with Crippen LogP contribution in [0, 0.1) is 0 Å². The van der Waals surface area contributed by atoms with Gasteiger partial charge in [-0.05, 0) is 30.3 Å². The first kappa shape index (κ1) is 19.5. The van der Waals surface area contributed by atoms with E-state index in [0.717, 1.165) is 6.08 Å². The molecule has 140 valence electrons. The van der Waals surface area contributed by atoms with Crippen molar-refractivity contribution in [3.8, 4) is 11.5 Å². The number of aliphatic carboxylic acids is 1. The van der Waals surface area contributed by atoms with Gasteiger partial charge in [-0.1, -0.05) is 12.1 Å². The van der Waals surface area contributed by atoms with Crippen LogP contribution in [0.1, 0.15) is 10.4 Å². The van der Waals surface area contributed by atoms with Crippen LogP contribution in [0.5, 0.6) is 11.5 Å². The topological polar surface area (TPSA) is 117 Å². The predicted molar refractivity (Wildman–Crippen MR) is 96.7 cm³/mol. The van der Waals surface area contributed by atoms with Crippen LogP contribution in [0.3, 0.4) is 0 Å². The molecule has 0 fully saturated rings. The maximum atomic E-state index is 12.6. The van der Waals surface area contributed by atoms with E-state index in [1.165, 1.54) is 26.4 Å². The van der Waals surface area contributed by atoms with E-state index in [4.69, 9.17) is 9.47 Å². The van der Waals surface area contributed by atoms with Crippen molar-refractivity contribution in [3.05, 3.63) is 60.2 Å². The van der Waals surface area contributed by atoms with Gasteiger partial charge in [0.05, 0.1) is 37.1 Å². The van der Waals surface area contributed by atoms with Crippen LogP contribution in [0.4, 0.5) is 11.4 Å². The number of carboxylic acids is 1. The van der Waals surface area contributed by atoms with Crippen LogP contribution in [-0.4, -0.2) is 32.0 Å². The zero-order valence-corrected chi connectivity index (χ0v) is 14.6. The van der Waals surface area contributed by atoms with Crippen molar-refractivity contribution < 1.29 is 29.0 Å². The Morgan fingerprint density at radius 1 is 0.926 bits per heavy atom. The number of hydrogen-bond acceptors (Lipinski definition) is 6. The van der Waals surface area contributed by atoms with Crippen LogP contribution in [0.2, 0.25) is 0 Å². The van der Waals surface area contributed by atoms with Crippen molar-refractivity contribution in [2.75, 3.05) is 24.9 Å². The summed E-state index contributed by atoms with van der Waals surface area (Å²) in [6.07, 6.45) is 1.40. The fraction of sp³-hybridized carbons (Fsp3) is 0.105. The summed E-state index contributed by atoms with van der Waals surface area (Å²) in [7, 11) is 2.98. The van der Waals surface area contributed by atoms with Gasteiger partial charge in [-0.2, -0.15) is 0 Å². The highest BCUT2D eigenvalue weighted by molar-refractivity contribution is 6.12. The number of nitrogens with one attached hydrogen (secondary N) is 2. The quantitative estimate of drug-likeness (QED) is 0.709. The molecule has 0 saturated carbocycles. The van der Waals surface area contributed by atoms with Gasteiger partial charge in [0.15, 0.2) is 0 Å². The number of carbonyl (C=O) groups excluding carboxylic acids is 3. The summed E-state index contributed by atoms with van der Waals surface area (Å²) in [4.78, 5) is 34.8. The summed E-state index contributed by atoms with van der Waals surface area (Å²) in [6, 6.07) is 11.2. The lowest BCUT2D eigenvalue weighted by molar-refractivity contribution is -0.297. The third-order valence-corrected chi connectivity index (χ3v) is 3.46. The minimum absolute atomic E-state index is 0.186. The zero-order valence-electron chi connectivity index (χ0n) is 14.6. The van der Waals surface area contributed by atoms with Gasteiger partial charge < -0.3 is 30.0 Å². The van der Waals surface area contributed by atoms with Crippen molar-refractivity contribution in [3.63, 3.8) is 0 Å². The van der Waals surface area contributed by atoms with Gasteiger partial charge in [0.1, 0.15) is 11.5 Å². The minimum atomic E-state index is -1.50. The fourth-order valence-corrected chi connectivity index (χ4v) is 2.20. The van der Waals surface area contributed by atoms with Gasteiger partial charge in [-0.3, -0.25) is 9.59 Å². The SMILES string of the molecule is COc1ccc(NC(=O)c2ccccc2NC(=O)C=CC(=O)[O-])c(OC)c1. The lowest BCUT2D eigenvalue weighted by atomic mass is 10.1. The summed E-state index contributed by atoms with van der Waals surface area (Å²) in [5.74, 6) is -1.72. The van der Waals surface area contributed by atoms with Crippen LogP contribution < -0.4 is 25.2 Å². The summed E-state index contributed by atoms with van der Waals surface area (Å²) >= 11 is 0. The second kappa shape index (κ2) is 9.04. The fourth-order valence-electron chi connectivity index (χ4n) is 2.20. The third-order valence-electron chi connectivity index (χ3n) is 3.46. The number of anilines is 2. The van der Waals surface area contributed by atoms with Gasteiger partial charge in [-0.15, -0.1) is 0 Å². The third kappa shape index (κ3) is 5.33. The van der Waals surface area contributed by atoms with Gasteiger partial charge in [-0.25, -0.2) is 0 Å². The van der Waals surface area contributed by atoms with E-state index in [-0.39, 0.29) is 11.3 Å². The van der Waals surface area contributed by atoms with Crippen molar-refractivity contribution in [1.29, 1.82) is 0 Å². The molecule has 0 saturated heterocycles. The normalized spacial score (nSPS) is 10.3. The molecule has 0 aliphatic carbocycles. The molecule has 2 N–H and O–H groups in total. The molecular formula is C19H17N2O6-. The number of carboxylic acid groups (broad SMARTS) is 1. The molecule has 0 spiro atoms. The molecule has 8 heteroatoms. The Bertz CT molecular complexity index is 892. The summed E-state index contributed by atoms with van der Waals surface area (Å²) in [5, 5.41) is 15.5. The van der Waals surface area contributed by atoms with E-state index in [1.54, 1.807) is 30.3 Å². The predicted octanol–water partition coefficient (Wildman–Crippen LogP) is 1.20. The standard InChI is InChI=1S/C19H18N2O6/c1-26-12-7-8-15(16(11-12)27-2)21-19(25)13-5-3-4-6-14(13)20-17(22)9-10-18(23)24/h3-11H,1-2H3,(H,20,22)(H,21,25)(H,23,24)/p-1. The van der Waals surface area contributed by atoms with Crippen molar-refractivity contribution in [2.45, 2.75) is 0 Å². The molecule has 0 aliphatic heterocycles. The van der Waals surface area contributed by atoms with Crippen molar-refractivity contribution >= 4 is 29.2 Å². The molecular weight excluding hydrogens is 352 g/mol. The number of para-hydroxylation sites is 1. The molecule has 2 aromatic carbocycles. The number of hydrogen-bond donors (Lipinski definition) is 2. The molecule has 0 heterocycles. The highest BCUT2D eigenvalue weighted by Gasteiger charge is 2.15. The Morgan fingerprint density at radius 2 is 1.67 bits per heavy atom. The summed E-state index contributed by atoms with van der Waals surface area (Å²) in [6.45, 7) is 0. The smallest absolute Gasteiger partial charge is 0.257 e. The highest BCUT2D eigenvalue weighted by atomic mass is 16.5. The maximum Gasteiger partial charge on any atom is 0.257 e. The molecule has 0 atom stereocenters. The largest absolute Gasteiger partial charge is 0.545 e. The molecule has 0 radical (unpaired) electrons. The molecule has 27 heavy (non-hydrogen) atoms. The number of carbonyl (C=O) groups is 3. The first-order chi connectivity index (χ1) is 12.9. The van der Waals surface area contributed by atoms with E-state index in [0.29, 0.717) is 23.3 Å². The lowest BCUT2D eigenvalue weighted by Gasteiger charge is -2.13. The number of rotatable bonds is 7. The molecule has 2 aromatic rings. The Balaban J connectivity index is 2.22. The van der Waals surface area contributed by atoms with E-state index in [2.05, 4.69) is 10.6 Å². The number of methoxy groups -OCH3 is 2. The van der Waals surface area contributed by atoms with Crippen LogP contribution in [-0.2, 0) is 9.59 Å². The second-order valence-corrected chi connectivity index (χ2v) is 5.21. The minimum Gasteiger partial charge on any atom is -0.545 e. The second-order valence-electron chi connectivity index (χ2n) is 5.21. The maximum absolute atomic E-state index is 12.6. The van der Waals surface area contributed by atoms with Crippen LogP contribution >= 0.6 is 0 Å². The lowest BCUT2D eigenvalue weighted by Crippen LogP contribution is -2.20. The zero-order chi connectivity index (χ0) is 19.8. The van der Waals surface area contributed by atoms with Crippen LogP contribution in [0.25, 0.3) is 0 Å². The molecule has 0 aliphatic rings. The number of ether oxygens (including phenoxy) is 2. The number of amides is 2. The monoisotopic (exact) mass is 369 g/mol. The Kier molecular flexibility index (Phi) is 6.54. The molecule has 2 rings (SSSR count). The molecule has 0 aromatic heterocycles. The summed E-state index contributed by atoms with van der Waals surface area (Å²) in [5.41, 5.74) is 0.822. The van der Waals surface area contributed by atoms with E-state index in [1.807, 2.05) is 0 Å². The molecule has 0 bridgehead atoms. The van der Waals surface area contributed by atoms with Crippen molar-refractivity contribution in [2.24, 2.45) is 0 Å². The van der Waals surface area contributed by atoms with Gasteiger partial charge in [0.2, 0.25) is 5.91 Å². The average molecular weight is 369 g/mol.